The van der Waals surface area contributed by atoms with Crippen LogP contribution in [-0.4, -0.2) is 28.6 Å². The van der Waals surface area contributed by atoms with Crippen molar-refractivity contribution in [3.63, 3.8) is 0 Å². The third kappa shape index (κ3) is 2.81. The fourth-order valence-corrected chi connectivity index (χ4v) is 3.30. The monoisotopic (exact) mass is 259 g/mol. The van der Waals surface area contributed by atoms with Crippen LogP contribution in [0.2, 0.25) is 0 Å². The largest absolute Gasteiger partial charge is 0.480 e. The molecule has 0 saturated heterocycles. The van der Waals surface area contributed by atoms with Gasteiger partial charge in [-0.15, -0.1) is 0 Å². The van der Waals surface area contributed by atoms with Gasteiger partial charge in [0.1, 0.15) is 0 Å². The number of hydrogen-bond donors (Lipinski definition) is 1. The number of aliphatic carboxylic acids is 1. The minimum atomic E-state index is -0.700. The van der Waals surface area contributed by atoms with E-state index >= 15 is 0 Å². The lowest BCUT2D eigenvalue weighted by Gasteiger charge is -2.31. The van der Waals surface area contributed by atoms with Crippen molar-refractivity contribution in [1.82, 2.24) is 4.90 Å². The van der Waals surface area contributed by atoms with E-state index in [9.17, 15) is 4.79 Å². The van der Waals surface area contributed by atoms with E-state index in [0.717, 1.165) is 25.7 Å². The highest BCUT2D eigenvalue weighted by Crippen LogP contribution is 2.39. The zero-order chi connectivity index (χ0) is 13.2. The van der Waals surface area contributed by atoms with Crippen molar-refractivity contribution < 1.29 is 9.90 Å². The zero-order valence-corrected chi connectivity index (χ0v) is 11.2. The lowest BCUT2D eigenvalue weighted by atomic mass is 9.97. The summed E-state index contributed by atoms with van der Waals surface area (Å²) < 4.78 is 0. The molecule has 1 saturated carbocycles. The first-order chi connectivity index (χ1) is 9.25. The van der Waals surface area contributed by atoms with E-state index in [1.54, 1.807) is 0 Å². The quantitative estimate of drug-likeness (QED) is 0.845. The average Bonchev–Trinajstić information content (AvgIpc) is 3.23. The number of hydrogen-bond acceptors (Lipinski definition) is 2. The van der Waals surface area contributed by atoms with Crippen LogP contribution < -0.4 is 0 Å². The standard InChI is InChI=1S/C16H21NO2/c18-16(19)11-17(13-9-10-13)15-8-4-2-6-12-5-1-3-7-14(12)15/h1,3,5,7,13,15H,2,4,6,8-11H2,(H,18,19). The number of nitrogens with zero attached hydrogens (tertiary/aromatic N) is 1. The molecule has 0 amide bonds. The molecule has 0 radical (unpaired) electrons. The Balaban J connectivity index is 1.91. The number of carboxylic acid groups (broad SMARTS) is 1. The molecule has 0 aliphatic heterocycles. The van der Waals surface area contributed by atoms with Crippen molar-refractivity contribution in [2.24, 2.45) is 0 Å². The van der Waals surface area contributed by atoms with Crippen molar-refractivity contribution in [3.8, 4) is 0 Å². The lowest BCUT2D eigenvalue weighted by Crippen LogP contribution is -2.35. The molecule has 3 heteroatoms. The minimum Gasteiger partial charge on any atom is -0.480 e. The van der Waals surface area contributed by atoms with Gasteiger partial charge in [-0.1, -0.05) is 30.7 Å². The molecule has 1 aromatic rings. The Morgan fingerprint density at radius 2 is 2.00 bits per heavy atom. The van der Waals surface area contributed by atoms with Crippen molar-refractivity contribution >= 4 is 5.97 Å². The van der Waals surface area contributed by atoms with Gasteiger partial charge in [0.15, 0.2) is 0 Å². The molecule has 0 aromatic heterocycles. The van der Waals surface area contributed by atoms with Crippen LogP contribution in [0.3, 0.4) is 0 Å². The fourth-order valence-electron chi connectivity index (χ4n) is 3.30. The number of aryl methyl sites for hydroxylation is 1. The molecule has 2 aliphatic carbocycles. The Morgan fingerprint density at radius 3 is 2.74 bits per heavy atom. The van der Waals surface area contributed by atoms with Gasteiger partial charge in [-0.2, -0.15) is 0 Å². The molecule has 1 unspecified atom stereocenters. The second-order valence-corrected chi connectivity index (χ2v) is 5.76. The molecule has 0 spiro atoms. The van der Waals surface area contributed by atoms with Crippen LogP contribution in [0.15, 0.2) is 24.3 Å². The van der Waals surface area contributed by atoms with E-state index in [1.165, 1.54) is 24.0 Å². The maximum absolute atomic E-state index is 11.1. The number of benzene rings is 1. The number of carbonyl (C=O) groups is 1. The summed E-state index contributed by atoms with van der Waals surface area (Å²) in [5, 5.41) is 9.17. The summed E-state index contributed by atoms with van der Waals surface area (Å²) in [6.07, 6.45) is 6.97. The van der Waals surface area contributed by atoms with Crippen LogP contribution >= 0.6 is 0 Å². The Labute approximate surface area is 114 Å². The molecule has 1 atom stereocenters. The van der Waals surface area contributed by atoms with Crippen LogP contribution in [0.25, 0.3) is 0 Å². The summed E-state index contributed by atoms with van der Waals surface area (Å²) in [5.74, 6) is -0.700. The molecular weight excluding hydrogens is 238 g/mol. The fraction of sp³-hybridized carbons (Fsp3) is 0.562. The molecule has 1 fully saturated rings. The van der Waals surface area contributed by atoms with Crippen LogP contribution in [0.5, 0.6) is 0 Å². The first-order valence-corrected chi connectivity index (χ1v) is 7.31. The highest BCUT2D eigenvalue weighted by Gasteiger charge is 2.36. The van der Waals surface area contributed by atoms with Gasteiger partial charge >= 0.3 is 5.97 Å². The minimum absolute atomic E-state index is 0.184. The lowest BCUT2D eigenvalue weighted by molar-refractivity contribution is -0.139. The molecule has 1 N–H and O–H groups in total. The Morgan fingerprint density at radius 1 is 1.21 bits per heavy atom. The van der Waals surface area contributed by atoms with Gasteiger partial charge in [0.05, 0.1) is 6.54 Å². The second-order valence-electron chi connectivity index (χ2n) is 5.76. The summed E-state index contributed by atoms with van der Waals surface area (Å²) in [4.78, 5) is 13.4. The number of fused-ring (bicyclic) bond motifs is 1. The van der Waals surface area contributed by atoms with Crippen molar-refractivity contribution in [1.29, 1.82) is 0 Å². The van der Waals surface area contributed by atoms with Gasteiger partial charge in [-0.3, -0.25) is 9.69 Å². The van der Waals surface area contributed by atoms with Crippen LogP contribution in [-0.2, 0) is 11.2 Å². The number of carboxylic acids is 1. The summed E-state index contributed by atoms with van der Waals surface area (Å²) in [6, 6.07) is 9.39. The normalized spacial score (nSPS) is 22.9. The van der Waals surface area contributed by atoms with Gasteiger partial charge in [-0.25, -0.2) is 0 Å². The maximum Gasteiger partial charge on any atom is 0.317 e. The Kier molecular flexibility index (Phi) is 3.56. The topological polar surface area (TPSA) is 40.5 Å². The Bertz CT molecular complexity index is 468. The van der Waals surface area contributed by atoms with Gasteiger partial charge in [0, 0.05) is 12.1 Å². The molecular formula is C16H21NO2. The SMILES string of the molecule is O=C(O)CN(C1CC1)C1CCCCc2ccccc21. The first kappa shape index (κ1) is 12.7. The van der Waals surface area contributed by atoms with Crippen LogP contribution in [0.4, 0.5) is 0 Å². The molecule has 3 nitrogen and oxygen atoms in total. The van der Waals surface area contributed by atoms with E-state index in [0.29, 0.717) is 12.1 Å². The third-order valence-electron chi connectivity index (χ3n) is 4.32. The van der Waals surface area contributed by atoms with E-state index < -0.39 is 5.97 Å². The highest BCUT2D eigenvalue weighted by molar-refractivity contribution is 5.69. The van der Waals surface area contributed by atoms with E-state index in [4.69, 9.17) is 5.11 Å². The van der Waals surface area contributed by atoms with Crippen molar-refractivity contribution in [3.05, 3.63) is 35.4 Å². The maximum atomic E-state index is 11.1. The second kappa shape index (κ2) is 5.33. The summed E-state index contributed by atoms with van der Waals surface area (Å²) in [6.45, 7) is 0.184. The zero-order valence-electron chi connectivity index (χ0n) is 11.2. The van der Waals surface area contributed by atoms with Crippen LogP contribution in [0.1, 0.15) is 49.3 Å². The van der Waals surface area contributed by atoms with Crippen molar-refractivity contribution in [2.75, 3.05) is 6.54 Å². The smallest absolute Gasteiger partial charge is 0.317 e. The molecule has 3 rings (SSSR count). The Hall–Kier alpha value is -1.35. The highest BCUT2D eigenvalue weighted by atomic mass is 16.4. The molecule has 0 heterocycles. The third-order valence-corrected chi connectivity index (χ3v) is 4.32. The first-order valence-electron chi connectivity index (χ1n) is 7.31. The van der Waals surface area contributed by atoms with E-state index in [1.807, 2.05) is 0 Å². The predicted octanol–water partition coefficient (Wildman–Crippen LogP) is 3.00. The summed E-state index contributed by atoms with van der Waals surface area (Å²) >= 11 is 0. The van der Waals surface area contributed by atoms with Gasteiger partial charge in [0.2, 0.25) is 0 Å². The molecule has 1 aromatic carbocycles. The average molecular weight is 259 g/mol. The van der Waals surface area contributed by atoms with Gasteiger partial charge in [-0.05, 0) is 43.2 Å². The van der Waals surface area contributed by atoms with E-state index in [-0.39, 0.29) is 6.54 Å². The van der Waals surface area contributed by atoms with Crippen LogP contribution in [0, 0.1) is 0 Å². The summed E-state index contributed by atoms with van der Waals surface area (Å²) in [7, 11) is 0. The van der Waals surface area contributed by atoms with Gasteiger partial charge in [0.25, 0.3) is 0 Å². The van der Waals surface area contributed by atoms with Crippen molar-refractivity contribution in [2.45, 2.75) is 50.6 Å². The molecule has 19 heavy (non-hydrogen) atoms. The van der Waals surface area contributed by atoms with Gasteiger partial charge < -0.3 is 5.11 Å². The predicted molar refractivity (Wildman–Crippen MR) is 74.1 cm³/mol. The molecule has 102 valence electrons. The molecule has 0 bridgehead atoms. The number of rotatable bonds is 4. The van der Waals surface area contributed by atoms with E-state index in [2.05, 4.69) is 29.2 Å². The molecule has 2 aliphatic rings. The summed E-state index contributed by atoms with van der Waals surface area (Å²) in [5.41, 5.74) is 2.79.